The van der Waals surface area contributed by atoms with Gasteiger partial charge in [0.05, 0.1) is 11.8 Å². The molecule has 0 spiro atoms. The molecule has 0 bridgehead atoms. The molecule has 0 radical (unpaired) electrons. The van der Waals surface area contributed by atoms with E-state index in [9.17, 15) is 19.5 Å². The van der Waals surface area contributed by atoms with E-state index in [1.165, 1.54) is 6.42 Å². The maximum absolute atomic E-state index is 12.5. The average Bonchev–Trinajstić information content (AvgIpc) is 2.69. The molecule has 1 aromatic rings. The summed E-state index contributed by atoms with van der Waals surface area (Å²) >= 11 is 0. The smallest absolute Gasteiger partial charge is 0.307 e. The molecule has 2 aliphatic rings. The largest absolute Gasteiger partial charge is 0.481 e. The first-order chi connectivity index (χ1) is 13.0. The first-order valence-corrected chi connectivity index (χ1v) is 9.64. The van der Waals surface area contributed by atoms with Crippen LogP contribution in [0.25, 0.3) is 0 Å². The highest BCUT2D eigenvalue weighted by atomic mass is 16.4. The zero-order valence-corrected chi connectivity index (χ0v) is 15.3. The summed E-state index contributed by atoms with van der Waals surface area (Å²) in [4.78, 5) is 36.2. The number of anilines is 1. The Labute approximate surface area is 159 Å². The van der Waals surface area contributed by atoms with Crippen LogP contribution in [0.3, 0.4) is 0 Å². The predicted octanol–water partition coefficient (Wildman–Crippen LogP) is 3.35. The Morgan fingerprint density at radius 2 is 1.52 bits per heavy atom. The van der Waals surface area contributed by atoms with E-state index in [0.29, 0.717) is 24.1 Å². The number of hydrogen-bond acceptors (Lipinski definition) is 3. The number of allylic oxidation sites excluding steroid dienone is 2. The molecule has 6 heteroatoms. The molecular weight excluding hydrogens is 344 g/mol. The fourth-order valence-corrected chi connectivity index (χ4v) is 3.83. The van der Waals surface area contributed by atoms with Gasteiger partial charge in [-0.25, -0.2) is 0 Å². The topological polar surface area (TPSA) is 95.5 Å². The predicted molar refractivity (Wildman–Crippen MR) is 102 cm³/mol. The maximum atomic E-state index is 12.5. The summed E-state index contributed by atoms with van der Waals surface area (Å²) in [5, 5.41) is 15.1. The van der Waals surface area contributed by atoms with Gasteiger partial charge in [-0.1, -0.05) is 31.4 Å². The number of carbonyl (C=O) groups is 3. The first kappa shape index (κ1) is 19.1. The Kier molecular flexibility index (Phi) is 6.27. The van der Waals surface area contributed by atoms with Crippen molar-refractivity contribution in [2.24, 2.45) is 11.8 Å². The van der Waals surface area contributed by atoms with Gasteiger partial charge >= 0.3 is 5.97 Å². The third-order valence-electron chi connectivity index (χ3n) is 5.44. The number of carbonyl (C=O) groups excluding carboxylic acids is 2. The average molecular weight is 370 g/mol. The highest BCUT2D eigenvalue weighted by Gasteiger charge is 2.33. The lowest BCUT2D eigenvalue weighted by Crippen LogP contribution is -2.36. The standard InChI is InChI=1S/C21H26N2O4/c24-19(22-15-6-2-1-3-7-15)14-10-12-16(13-11-14)23-20(25)17-8-4-5-9-18(17)21(26)27/h4-5,10-13,15,17-18H,1-3,6-9H2,(H,22,24)(H,23,25)(H,26,27)/t17-,18+/m1/s1. The van der Waals surface area contributed by atoms with Crippen molar-refractivity contribution in [2.45, 2.75) is 51.0 Å². The fourth-order valence-electron chi connectivity index (χ4n) is 3.83. The minimum atomic E-state index is -0.950. The van der Waals surface area contributed by atoms with E-state index >= 15 is 0 Å². The van der Waals surface area contributed by atoms with Gasteiger partial charge in [0, 0.05) is 17.3 Å². The molecule has 3 rings (SSSR count). The van der Waals surface area contributed by atoms with Crippen LogP contribution in [0.4, 0.5) is 5.69 Å². The third-order valence-corrected chi connectivity index (χ3v) is 5.44. The fraction of sp³-hybridized carbons (Fsp3) is 0.476. The minimum Gasteiger partial charge on any atom is -0.481 e. The first-order valence-electron chi connectivity index (χ1n) is 9.64. The summed E-state index contributed by atoms with van der Waals surface area (Å²) in [6, 6.07) is 6.98. The van der Waals surface area contributed by atoms with Crippen LogP contribution in [0, 0.1) is 11.8 Å². The van der Waals surface area contributed by atoms with Crippen LogP contribution in [0.2, 0.25) is 0 Å². The Morgan fingerprint density at radius 3 is 2.15 bits per heavy atom. The zero-order chi connectivity index (χ0) is 19.2. The van der Waals surface area contributed by atoms with E-state index in [4.69, 9.17) is 0 Å². The Balaban J connectivity index is 1.58. The van der Waals surface area contributed by atoms with Crippen LogP contribution < -0.4 is 10.6 Å². The van der Waals surface area contributed by atoms with Gasteiger partial charge in [-0.2, -0.15) is 0 Å². The van der Waals surface area contributed by atoms with E-state index in [1.807, 2.05) is 12.2 Å². The second kappa shape index (κ2) is 8.84. The highest BCUT2D eigenvalue weighted by Crippen LogP contribution is 2.27. The van der Waals surface area contributed by atoms with E-state index < -0.39 is 17.8 Å². The Morgan fingerprint density at radius 1 is 0.889 bits per heavy atom. The molecular formula is C21H26N2O4. The second-order valence-corrected chi connectivity index (χ2v) is 7.37. The molecule has 1 saturated carbocycles. The lowest BCUT2D eigenvalue weighted by molar-refractivity contribution is -0.146. The Hall–Kier alpha value is -2.63. The summed E-state index contributed by atoms with van der Waals surface area (Å²) < 4.78 is 0. The van der Waals surface area contributed by atoms with Gasteiger partial charge in [-0.3, -0.25) is 14.4 Å². The van der Waals surface area contributed by atoms with E-state index in [0.717, 1.165) is 25.7 Å². The Bertz CT molecular complexity index is 720. The van der Waals surface area contributed by atoms with Gasteiger partial charge in [0.25, 0.3) is 5.91 Å². The van der Waals surface area contributed by atoms with Crippen LogP contribution in [-0.4, -0.2) is 28.9 Å². The van der Waals surface area contributed by atoms with Crippen LogP contribution in [0.1, 0.15) is 55.3 Å². The molecule has 3 N–H and O–H groups in total. The minimum absolute atomic E-state index is 0.0943. The number of rotatable bonds is 5. The third kappa shape index (κ3) is 4.96. The number of carboxylic acid groups (broad SMARTS) is 1. The van der Waals surface area contributed by atoms with Gasteiger partial charge in [0.15, 0.2) is 0 Å². The van der Waals surface area contributed by atoms with Crippen molar-refractivity contribution in [3.05, 3.63) is 42.0 Å². The summed E-state index contributed by atoms with van der Waals surface area (Å²) in [5.74, 6) is -2.62. The number of hydrogen-bond donors (Lipinski definition) is 3. The number of amides is 2. The summed E-state index contributed by atoms with van der Waals surface area (Å²) in [5.41, 5.74) is 1.12. The highest BCUT2D eigenvalue weighted by molar-refractivity contribution is 5.97. The number of aliphatic carboxylic acids is 1. The molecule has 2 aliphatic carbocycles. The van der Waals surface area contributed by atoms with E-state index in [2.05, 4.69) is 10.6 Å². The molecule has 6 nitrogen and oxygen atoms in total. The van der Waals surface area contributed by atoms with Crippen molar-refractivity contribution in [1.29, 1.82) is 0 Å². The molecule has 0 aromatic heterocycles. The lowest BCUT2D eigenvalue weighted by Gasteiger charge is -2.24. The lowest BCUT2D eigenvalue weighted by atomic mass is 9.82. The number of nitrogens with one attached hydrogen (secondary N) is 2. The summed E-state index contributed by atoms with van der Waals surface area (Å²) in [6.07, 6.45) is 10.1. The van der Waals surface area contributed by atoms with Crippen molar-refractivity contribution in [2.75, 3.05) is 5.32 Å². The van der Waals surface area contributed by atoms with Gasteiger partial charge in [0.2, 0.25) is 5.91 Å². The molecule has 2 atom stereocenters. The number of carboxylic acids is 1. The van der Waals surface area contributed by atoms with Crippen molar-refractivity contribution in [3.8, 4) is 0 Å². The van der Waals surface area contributed by atoms with Crippen LogP contribution in [0.15, 0.2) is 36.4 Å². The molecule has 1 aromatic carbocycles. The van der Waals surface area contributed by atoms with Crippen LogP contribution in [-0.2, 0) is 9.59 Å². The van der Waals surface area contributed by atoms with Crippen molar-refractivity contribution >= 4 is 23.5 Å². The van der Waals surface area contributed by atoms with Crippen LogP contribution >= 0.6 is 0 Å². The van der Waals surface area contributed by atoms with Crippen molar-refractivity contribution < 1.29 is 19.5 Å². The van der Waals surface area contributed by atoms with Gasteiger partial charge in [-0.15, -0.1) is 0 Å². The molecule has 144 valence electrons. The normalized spacial score (nSPS) is 22.8. The van der Waals surface area contributed by atoms with Crippen molar-refractivity contribution in [1.82, 2.24) is 5.32 Å². The quantitative estimate of drug-likeness (QED) is 0.693. The van der Waals surface area contributed by atoms with Gasteiger partial charge in [-0.05, 0) is 49.9 Å². The molecule has 27 heavy (non-hydrogen) atoms. The van der Waals surface area contributed by atoms with Crippen molar-refractivity contribution in [3.63, 3.8) is 0 Å². The SMILES string of the molecule is O=C(NC1CCCCC1)c1ccc(NC(=O)[C@@H]2CC=CC[C@@H]2C(=O)O)cc1. The van der Waals surface area contributed by atoms with Gasteiger partial charge in [0.1, 0.15) is 0 Å². The monoisotopic (exact) mass is 370 g/mol. The second-order valence-electron chi connectivity index (χ2n) is 7.37. The van der Waals surface area contributed by atoms with E-state index in [1.54, 1.807) is 24.3 Å². The zero-order valence-electron chi connectivity index (χ0n) is 15.3. The van der Waals surface area contributed by atoms with Crippen LogP contribution in [0.5, 0.6) is 0 Å². The molecule has 0 unspecified atom stereocenters. The maximum Gasteiger partial charge on any atom is 0.307 e. The number of benzene rings is 1. The summed E-state index contributed by atoms with van der Waals surface area (Å²) in [7, 11) is 0. The summed E-state index contributed by atoms with van der Waals surface area (Å²) in [6.45, 7) is 0. The molecule has 0 heterocycles. The van der Waals surface area contributed by atoms with E-state index in [-0.39, 0.29) is 17.9 Å². The molecule has 0 aliphatic heterocycles. The van der Waals surface area contributed by atoms with Gasteiger partial charge < -0.3 is 15.7 Å². The molecule has 2 amide bonds. The molecule has 0 saturated heterocycles. The molecule has 1 fully saturated rings.